The smallest absolute Gasteiger partial charge is 0.169 e. The molecule has 1 aromatic rings. The van der Waals surface area contributed by atoms with Gasteiger partial charge in [-0.1, -0.05) is 11.6 Å². The molecule has 0 aromatic heterocycles. The minimum atomic E-state index is 0.558. The van der Waals surface area contributed by atoms with Gasteiger partial charge in [0.1, 0.15) is 19.0 Å². The summed E-state index contributed by atoms with van der Waals surface area (Å²) in [5, 5.41) is 3.92. The van der Waals surface area contributed by atoms with Crippen LogP contribution in [0.3, 0.4) is 0 Å². The van der Waals surface area contributed by atoms with E-state index in [0.29, 0.717) is 29.7 Å². The van der Waals surface area contributed by atoms with Crippen LogP contribution >= 0.6 is 11.6 Å². The minimum Gasteiger partial charge on any atom is -0.495 e. The largest absolute Gasteiger partial charge is 0.495 e. The molecule has 0 bridgehead atoms. The lowest BCUT2D eigenvalue weighted by atomic mass is 10.1. The molecule has 1 fully saturated rings. The summed E-state index contributed by atoms with van der Waals surface area (Å²) in [5.74, 6) is 2.18. The highest BCUT2D eigenvalue weighted by Gasteiger charge is 2.25. The molecule has 20 heavy (non-hydrogen) atoms. The highest BCUT2D eigenvalue weighted by Crippen LogP contribution is 2.44. The van der Waals surface area contributed by atoms with E-state index in [0.717, 1.165) is 44.0 Å². The van der Waals surface area contributed by atoms with E-state index in [1.54, 1.807) is 13.2 Å². The molecule has 6 heteroatoms. The molecule has 0 aliphatic carbocycles. The number of nitrogens with zero attached hydrogens (tertiary/aromatic N) is 1. The van der Waals surface area contributed by atoms with E-state index in [2.05, 4.69) is 10.2 Å². The SMILES string of the molecule is COc1c(Cl)cc2c(c1CN1CCNCC1)OCCO2. The molecule has 2 heterocycles. The van der Waals surface area contributed by atoms with Gasteiger partial charge in [0.15, 0.2) is 11.5 Å². The van der Waals surface area contributed by atoms with E-state index < -0.39 is 0 Å². The number of nitrogens with one attached hydrogen (secondary N) is 1. The lowest BCUT2D eigenvalue weighted by Gasteiger charge is -2.30. The Morgan fingerprint density at radius 2 is 2.05 bits per heavy atom. The van der Waals surface area contributed by atoms with Crippen LogP contribution in [-0.4, -0.2) is 51.4 Å². The third-order valence-corrected chi connectivity index (χ3v) is 3.91. The number of fused-ring (bicyclic) bond motifs is 1. The topological polar surface area (TPSA) is 43.0 Å². The van der Waals surface area contributed by atoms with E-state index in [-0.39, 0.29) is 0 Å². The molecule has 3 rings (SSSR count). The zero-order valence-electron chi connectivity index (χ0n) is 11.6. The highest BCUT2D eigenvalue weighted by atomic mass is 35.5. The van der Waals surface area contributed by atoms with Gasteiger partial charge in [-0.05, 0) is 0 Å². The summed E-state index contributed by atoms with van der Waals surface area (Å²) >= 11 is 6.29. The number of benzene rings is 1. The molecule has 0 unspecified atom stereocenters. The summed E-state index contributed by atoms with van der Waals surface area (Å²) in [6.45, 7) is 5.90. The number of rotatable bonds is 3. The molecule has 5 nitrogen and oxygen atoms in total. The Morgan fingerprint density at radius 3 is 2.80 bits per heavy atom. The van der Waals surface area contributed by atoms with E-state index in [9.17, 15) is 0 Å². The second kappa shape index (κ2) is 6.08. The Morgan fingerprint density at radius 1 is 1.30 bits per heavy atom. The van der Waals surface area contributed by atoms with Gasteiger partial charge >= 0.3 is 0 Å². The predicted octanol–water partition coefficient (Wildman–Crippen LogP) is 1.52. The van der Waals surface area contributed by atoms with Crippen LogP contribution in [0.1, 0.15) is 5.56 Å². The second-order valence-corrected chi connectivity index (χ2v) is 5.33. The van der Waals surface area contributed by atoms with Crippen LogP contribution in [0.25, 0.3) is 0 Å². The maximum absolute atomic E-state index is 6.29. The van der Waals surface area contributed by atoms with Gasteiger partial charge in [-0.25, -0.2) is 0 Å². The van der Waals surface area contributed by atoms with E-state index in [4.69, 9.17) is 25.8 Å². The van der Waals surface area contributed by atoms with Crippen molar-refractivity contribution >= 4 is 11.6 Å². The number of hydrogen-bond acceptors (Lipinski definition) is 5. The van der Waals surface area contributed by atoms with Crippen LogP contribution in [0.4, 0.5) is 0 Å². The molecule has 0 saturated carbocycles. The summed E-state index contributed by atoms with van der Waals surface area (Å²) < 4.78 is 16.9. The van der Waals surface area contributed by atoms with Gasteiger partial charge in [0, 0.05) is 38.8 Å². The first-order valence-electron chi connectivity index (χ1n) is 6.87. The quantitative estimate of drug-likeness (QED) is 0.917. The normalized spacial score (nSPS) is 18.9. The van der Waals surface area contributed by atoms with E-state index >= 15 is 0 Å². The predicted molar refractivity (Wildman–Crippen MR) is 77.1 cm³/mol. The van der Waals surface area contributed by atoms with Crippen molar-refractivity contribution in [2.45, 2.75) is 6.54 Å². The first-order valence-corrected chi connectivity index (χ1v) is 7.25. The van der Waals surface area contributed by atoms with Crippen LogP contribution in [0.2, 0.25) is 5.02 Å². The monoisotopic (exact) mass is 298 g/mol. The maximum atomic E-state index is 6.29. The summed E-state index contributed by atoms with van der Waals surface area (Å²) in [7, 11) is 1.64. The van der Waals surface area contributed by atoms with Gasteiger partial charge in [-0.15, -0.1) is 0 Å². The third-order valence-electron chi connectivity index (χ3n) is 3.63. The molecule has 2 aliphatic heterocycles. The number of hydrogen-bond donors (Lipinski definition) is 1. The Hall–Kier alpha value is -1.17. The molecular weight excluding hydrogens is 280 g/mol. The van der Waals surface area contributed by atoms with Crippen molar-refractivity contribution in [1.82, 2.24) is 10.2 Å². The zero-order valence-corrected chi connectivity index (χ0v) is 12.3. The van der Waals surface area contributed by atoms with Gasteiger partial charge in [0.05, 0.1) is 17.7 Å². The van der Waals surface area contributed by atoms with Gasteiger partial charge in [-0.3, -0.25) is 4.90 Å². The molecule has 1 N–H and O–H groups in total. The molecule has 0 spiro atoms. The van der Waals surface area contributed by atoms with Crippen LogP contribution in [0.5, 0.6) is 17.2 Å². The van der Waals surface area contributed by atoms with Gasteiger partial charge in [0.25, 0.3) is 0 Å². The Bertz CT molecular complexity index is 490. The Labute approximate surface area is 123 Å². The van der Waals surface area contributed by atoms with Crippen LogP contribution in [0.15, 0.2) is 6.07 Å². The van der Waals surface area contributed by atoms with Crippen molar-refractivity contribution in [3.05, 3.63) is 16.7 Å². The fourth-order valence-corrected chi connectivity index (χ4v) is 2.95. The van der Waals surface area contributed by atoms with Crippen molar-refractivity contribution in [1.29, 1.82) is 0 Å². The maximum Gasteiger partial charge on any atom is 0.169 e. The number of halogens is 1. The summed E-state index contributed by atoms with van der Waals surface area (Å²) in [6.07, 6.45) is 0. The zero-order chi connectivity index (χ0) is 13.9. The van der Waals surface area contributed by atoms with Crippen molar-refractivity contribution in [2.24, 2.45) is 0 Å². The molecule has 0 amide bonds. The Kier molecular flexibility index (Phi) is 4.19. The third kappa shape index (κ3) is 2.66. The summed E-state index contributed by atoms with van der Waals surface area (Å²) in [6, 6.07) is 1.77. The van der Waals surface area contributed by atoms with Crippen molar-refractivity contribution in [3.8, 4) is 17.2 Å². The van der Waals surface area contributed by atoms with E-state index in [1.807, 2.05) is 0 Å². The molecular formula is C14H19ClN2O3. The molecule has 110 valence electrons. The molecule has 0 radical (unpaired) electrons. The number of piperazine rings is 1. The minimum absolute atomic E-state index is 0.558. The summed E-state index contributed by atoms with van der Waals surface area (Å²) in [4.78, 5) is 2.36. The standard InChI is InChI=1S/C14H19ClN2O3/c1-18-13-10(9-17-4-2-16-3-5-17)14-12(8-11(13)15)19-6-7-20-14/h8,16H,2-7,9H2,1H3. The van der Waals surface area contributed by atoms with Crippen LogP contribution < -0.4 is 19.5 Å². The molecule has 0 atom stereocenters. The van der Waals surface area contributed by atoms with Crippen molar-refractivity contribution < 1.29 is 14.2 Å². The average Bonchev–Trinajstić information content (AvgIpc) is 2.48. The number of methoxy groups -OCH3 is 1. The molecule has 2 aliphatic rings. The van der Waals surface area contributed by atoms with Gasteiger partial charge in [-0.2, -0.15) is 0 Å². The van der Waals surface area contributed by atoms with E-state index in [1.165, 1.54) is 0 Å². The number of ether oxygens (including phenoxy) is 3. The van der Waals surface area contributed by atoms with Crippen molar-refractivity contribution in [3.63, 3.8) is 0 Å². The highest BCUT2D eigenvalue weighted by molar-refractivity contribution is 6.32. The lowest BCUT2D eigenvalue weighted by Crippen LogP contribution is -2.43. The summed E-state index contributed by atoms with van der Waals surface area (Å²) in [5.41, 5.74) is 0.983. The van der Waals surface area contributed by atoms with Gasteiger partial charge in [0.2, 0.25) is 0 Å². The van der Waals surface area contributed by atoms with Crippen LogP contribution in [-0.2, 0) is 6.54 Å². The molecule has 1 aromatic carbocycles. The molecule has 1 saturated heterocycles. The van der Waals surface area contributed by atoms with Gasteiger partial charge < -0.3 is 19.5 Å². The Balaban J connectivity index is 1.95. The average molecular weight is 299 g/mol. The lowest BCUT2D eigenvalue weighted by molar-refractivity contribution is 0.163. The fourth-order valence-electron chi connectivity index (χ4n) is 2.66. The van der Waals surface area contributed by atoms with Crippen molar-refractivity contribution in [2.75, 3.05) is 46.5 Å². The first-order chi connectivity index (χ1) is 9.79. The fraction of sp³-hybridized carbons (Fsp3) is 0.571. The second-order valence-electron chi connectivity index (χ2n) is 4.92. The van der Waals surface area contributed by atoms with Crippen LogP contribution in [0, 0.1) is 0 Å². The first kappa shape index (κ1) is 13.8.